The van der Waals surface area contributed by atoms with E-state index in [4.69, 9.17) is 25.8 Å². The summed E-state index contributed by atoms with van der Waals surface area (Å²) in [4.78, 5) is 2.38. The first-order chi connectivity index (χ1) is 12.2. The average Bonchev–Trinajstić information content (AvgIpc) is 3.11. The van der Waals surface area contributed by atoms with Gasteiger partial charge in [-0.1, -0.05) is 16.8 Å². The van der Waals surface area contributed by atoms with Crippen LogP contribution in [0.1, 0.15) is 23.7 Å². The Kier molecular flexibility index (Phi) is 4.54. The van der Waals surface area contributed by atoms with Gasteiger partial charge < -0.3 is 14.2 Å². The Balaban J connectivity index is 1.54. The molecule has 0 saturated carbocycles. The van der Waals surface area contributed by atoms with Gasteiger partial charge in [0.2, 0.25) is 0 Å². The molecule has 4 rings (SSSR count). The Bertz CT molecular complexity index is 766. The predicted molar refractivity (Wildman–Crippen MR) is 92.1 cm³/mol. The molecule has 1 aromatic carbocycles. The van der Waals surface area contributed by atoms with Gasteiger partial charge in [-0.15, -0.1) is 5.10 Å². The van der Waals surface area contributed by atoms with Crippen molar-refractivity contribution in [1.29, 1.82) is 0 Å². The lowest BCUT2D eigenvalue weighted by Crippen LogP contribution is -2.47. The zero-order valence-electron chi connectivity index (χ0n) is 14.3. The smallest absolute Gasteiger partial charge is 0.141 e. The second-order valence-electron chi connectivity index (χ2n) is 6.41. The molecule has 7 nitrogen and oxygen atoms in total. The van der Waals surface area contributed by atoms with Gasteiger partial charge in [-0.25, -0.2) is 4.68 Å². The number of fused-ring (bicyclic) bond motifs is 3. The van der Waals surface area contributed by atoms with Gasteiger partial charge in [0.25, 0.3) is 0 Å². The van der Waals surface area contributed by atoms with E-state index < -0.39 is 0 Å². The molecule has 2 atom stereocenters. The van der Waals surface area contributed by atoms with Gasteiger partial charge >= 0.3 is 0 Å². The molecule has 1 aromatic heterocycles. The highest BCUT2D eigenvalue weighted by atomic mass is 35.5. The fourth-order valence-corrected chi connectivity index (χ4v) is 3.94. The third kappa shape index (κ3) is 3.07. The molecule has 2 aliphatic heterocycles. The summed E-state index contributed by atoms with van der Waals surface area (Å²) in [5, 5.41) is 8.87. The van der Waals surface area contributed by atoms with Crippen molar-refractivity contribution in [2.75, 3.05) is 27.3 Å². The number of likely N-dealkylation sites (tertiary alicyclic amines) is 1. The summed E-state index contributed by atoms with van der Waals surface area (Å²) in [7, 11) is 3.26. The number of hydrogen-bond acceptors (Lipinski definition) is 6. The van der Waals surface area contributed by atoms with Gasteiger partial charge in [0.15, 0.2) is 0 Å². The molecule has 1 saturated heterocycles. The van der Waals surface area contributed by atoms with Crippen molar-refractivity contribution in [3.8, 4) is 11.5 Å². The Morgan fingerprint density at radius 2 is 2.12 bits per heavy atom. The van der Waals surface area contributed by atoms with Crippen molar-refractivity contribution in [2.45, 2.75) is 31.7 Å². The number of aromatic nitrogens is 3. The third-order valence-corrected chi connectivity index (χ3v) is 5.26. The van der Waals surface area contributed by atoms with Crippen LogP contribution in [0.4, 0.5) is 0 Å². The molecule has 0 amide bonds. The van der Waals surface area contributed by atoms with Crippen LogP contribution >= 0.6 is 11.6 Å². The van der Waals surface area contributed by atoms with Crippen molar-refractivity contribution < 1.29 is 14.2 Å². The molecule has 0 N–H and O–H groups in total. The van der Waals surface area contributed by atoms with Gasteiger partial charge in [-0.2, -0.15) is 0 Å². The van der Waals surface area contributed by atoms with E-state index in [1.807, 2.05) is 16.8 Å². The van der Waals surface area contributed by atoms with E-state index in [0.29, 0.717) is 17.4 Å². The van der Waals surface area contributed by atoms with E-state index in [-0.39, 0.29) is 12.1 Å². The van der Waals surface area contributed by atoms with E-state index in [0.717, 1.165) is 43.1 Å². The van der Waals surface area contributed by atoms with Gasteiger partial charge in [0.1, 0.15) is 11.5 Å². The highest BCUT2D eigenvalue weighted by Gasteiger charge is 2.36. The third-order valence-electron chi connectivity index (χ3n) is 4.96. The normalized spacial score (nSPS) is 23.0. The second kappa shape index (κ2) is 6.82. The summed E-state index contributed by atoms with van der Waals surface area (Å²) < 4.78 is 18.8. The molecule has 134 valence electrons. The minimum absolute atomic E-state index is 0.194. The molecule has 2 aromatic rings. The summed E-state index contributed by atoms with van der Waals surface area (Å²) in [5.74, 6) is 1.40. The fraction of sp³-hybridized carbons (Fsp3) is 0.529. The number of rotatable bonds is 4. The quantitative estimate of drug-likeness (QED) is 0.829. The molecule has 0 aliphatic carbocycles. The Morgan fingerprint density at radius 1 is 1.28 bits per heavy atom. The number of nitrogens with zero attached hydrogens (tertiary/aromatic N) is 4. The van der Waals surface area contributed by atoms with Crippen LogP contribution in [0, 0.1) is 0 Å². The number of benzene rings is 1. The lowest BCUT2D eigenvalue weighted by Gasteiger charge is -2.41. The molecule has 0 radical (unpaired) electrons. The zero-order chi connectivity index (χ0) is 17.4. The molecule has 8 heteroatoms. The molecule has 25 heavy (non-hydrogen) atoms. The lowest BCUT2D eigenvalue weighted by atomic mass is 9.99. The summed E-state index contributed by atoms with van der Waals surface area (Å²) in [6, 6.07) is 3.95. The number of halogens is 1. The van der Waals surface area contributed by atoms with Crippen LogP contribution in [0.2, 0.25) is 5.02 Å². The second-order valence-corrected chi connectivity index (χ2v) is 6.82. The number of hydrogen-bond donors (Lipinski definition) is 0. The maximum absolute atomic E-state index is 6.30. The summed E-state index contributed by atoms with van der Waals surface area (Å²) in [6.07, 6.45) is 2.95. The maximum atomic E-state index is 6.30. The SMILES string of the molecule is COc1cc(OC)c(CN2CC[C@H]3OCc4cnnn4[C@H]3C2)cc1Cl. The minimum Gasteiger partial charge on any atom is -0.496 e. The van der Waals surface area contributed by atoms with Gasteiger partial charge in [-0.3, -0.25) is 4.90 Å². The highest BCUT2D eigenvalue weighted by molar-refractivity contribution is 6.32. The van der Waals surface area contributed by atoms with E-state index >= 15 is 0 Å². The van der Waals surface area contributed by atoms with E-state index in [1.54, 1.807) is 20.4 Å². The molecule has 0 spiro atoms. The molecular formula is C17H21ClN4O3. The number of ether oxygens (including phenoxy) is 3. The molecular weight excluding hydrogens is 344 g/mol. The first-order valence-corrected chi connectivity index (χ1v) is 8.71. The van der Waals surface area contributed by atoms with E-state index in [9.17, 15) is 0 Å². The minimum atomic E-state index is 0.194. The highest BCUT2D eigenvalue weighted by Crippen LogP contribution is 2.35. The van der Waals surface area contributed by atoms with Crippen LogP contribution in [0.5, 0.6) is 11.5 Å². The molecule has 1 fully saturated rings. The van der Waals surface area contributed by atoms with E-state index in [1.165, 1.54) is 0 Å². The lowest BCUT2D eigenvalue weighted by molar-refractivity contribution is -0.0670. The van der Waals surface area contributed by atoms with Crippen LogP contribution in [-0.2, 0) is 17.9 Å². The molecule has 0 unspecified atom stereocenters. The summed E-state index contributed by atoms with van der Waals surface area (Å²) >= 11 is 6.30. The molecule has 0 bridgehead atoms. The topological polar surface area (TPSA) is 61.6 Å². The van der Waals surface area contributed by atoms with Gasteiger partial charge in [0.05, 0.1) is 49.9 Å². The zero-order valence-corrected chi connectivity index (χ0v) is 15.1. The average molecular weight is 365 g/mol. The Labute approximate surface area is 151 Å². The van der Waals surface area contributed by atoms with Crippen LogP contribution in [0.3, 0.4) is 0 Å². The Morgan fingerprint density at radius 3 is 2.92 bits per heavy atom. The van der Waals surface area contributed by atoms with Crippen molar-refractivity contribution in [3.05, 3.63) is 34.6 Å². The van der Waals surface area contributed by atoms with Gasteiger partial charge in [-0.05, 0) is 12.5 Å². The van der Waals surface area contributed by atoms with Crippen molar-refractivity contribution in [2.24, 2.45) is 0 Å². The van der Waals surface area contributed by atoms with Crippen molar-refractivity contribution in [3.63, 3.8) is 0 Å². The number of methoxy groups -OCH3 is 2. The molecule has 2 aliphatic rings. The first-order valence-electron chi connectivity index (χ1n) is 8.33. The first kappa shape index (κ1) is 16.6. The standard InChI is InChI=1S/C17H21ClN4O3/c1-23-16-6-17(24-2)13(18)5-11(16)8-21-4-3-15-14(9-21)22-12(10-25-15)7-19-20-22/h5-7,14-15H,3-4,8-10H2,1-2H3/t14-,15+/m0/s1. The molecule has 3 heterocycles. The van der Waals surface area contributed by atoms with Crippen LogP contribution in [-0.4, -0.2) is 53.3 Å². The number of piperidine rings is 1. The predicted octanol–water partition coefficient (Wildman–Crippen LogP) is 2.29. The Hall–Kier alpha value is -1.83. The monoisotopic (exact) mass is 364 g/mol. The maximum Gasteiger partial charge on any atom is 0.141 e. The van der Waals surface area contributed by atoms with E-state index in [2.05, 4.69) is 15.2 Å². The van der Waals surface area contributed by atoms with Crippen LogP contribution in [0.25, 0.3) is 0 Å². The fourth-order valence-electron chi connectivity index (χ4n) is 3.68. The van der Waals surface area contributed by atoms with Crippen LogP contribution in [0.15, 0.2) is 18.3 Å². The summed E-state index contributed by atoms with van der Waals surface area (Å²) in [6.45, 7) is 3.15. The van der Waals surface area contributed by atoms with Gasteiger partial charge in [0, 0.05) is 31.3 Å². The van der Waals surface area contributed by atoms with Crippen LogP contribution < -0.4 is 9.47 Å². The summed E-state index contributed by atoms with van der Waals surface area (Å²) in [5.41, 5.74) is 2.08. The largest absolute Gasteiger partial charge is 0.496 e. The van der Waals surface area contributed by atoms with Crippen molar-refractivity contribution in [1.82, 2.24) is 19.9 Å². The van der Waals surface area contributed by atoms with Crippen molar-refractivity contribution >= 4 is 11.6 Å².